The van der Waals surface area contributed by atoms with Crippen molar-refractivity contribution in [3.63, 3.8) is 0 Å². The van der Waals surface area contributed by atoms with Crippen LogP contribution in [0, 0.1) is 0 Å². The van der Waals surface area contributed by atoms with E-state index >= 15 is 0 Å². The SMILES string of the molecule is CCSc1cc(Br)cs1. The molecule has 0 aromatic carbocycles. The van der Waals surface area contributed by atoms with E-state index < -0.39 is 0 Å². The van der Waals surface area contributed by atoms with Crippen LogP contribution in [-0.2, 0) is 0 Å². The van der Waals surface area contributed by atoms with Crippen LogP contribution in [0.5, 0.6) is 0 Å². The van der Waals surface area contributed by atoms with Crippen molar-refractivity contribution in [2.45, 2.75) is 11.1 Å². The summed E-state index contributed by atoms with van der Waals surface area (Å²) in [4.78, 5) is 0. The Kier molecular flexibility index (Phi) is 3.09. The second kappa shape index (κ2) is 3.64. The lowest BCUT2D eigenvalue weighted by Crippen LogP contribution is -1.60. The number of thiophene rings is 1. The Morgan fingerprint density at radius 2 is 2.56 bits per heavy atom. The highest BCUT2D eigenvalue weighted by molar-refractivity contribution is 9.10. The van der Waals surface area contributed by atoms with Crippen LogP contribution >= 0.6 is 39.0 Å². The lowest BCUT2D eigenvalue weighted by molar-refractivity contribution is 1.51. The van der Waals surface area contributed by atoms with Gasteiger partial charge in [0, 0.05) is 9.85 Å². The molecule has 1 aromatic heterocycles. The topological polar surface area (TPSA) is 0 Å². The summed E-state index contributed by atoms with van der Waals surface area (Å²) >= 11 is 7.07. The van der Waals surface area contributed by atoms with E-state index in [0.29, 0.717) is 0 Å². The molecule has 0 nitrogen and oxygen atoms in total. The van der Waals surface area contributed by atoms with E-state index in [1.54, 1.807) is 11.3 Å². The first-order valence-corrected chi connectivity index (χ1v) is 5.35. The van der Waals surface area contributed by atoms with Gasteiger partial charge in [0.2, 0.25) is 0 Å². The summed E-state index contributed by atoms with van der Waals surface area (Å²) in [6.07, 6.45) is 0. The third-order valence-corrected chi connectivity index (χ3v) is 3.65. The van der Waals surface area contributed by atoms with Gasteiger partial charge in [-0.1, -0.05) is 6.92 Å². The Balaban J connectivity index is 2.61. The molecule has 0 saturated heterocycles. The summed E-state index contributed by atoms with van der Waals surface area (Å²) in [7, 11) is 0. The maximum Gasteiger partial charge on any atom is 0.0610 e. The highest BCUT2D eigenvalue weighted by atomic mass is 79.9. The van der Waals surface area contributed by atoms with Crippen molar-refractivity contribution in [1.29, 1.82) is 0 Å². The molecule has 0 saturated carbocycles. The van der Waals surface area contributed by atoms with Crippen LogP contribution in [0.25, 0.3) is 0 Å². The quantitative estimate of drug-likeness (QED) is 0.690. The van der Waals surface area contributed by atoms with E-state index in [0.717, 1.165) is 5.75 Å². The smallest absolute Gasteiger partial charge is 0.0610 e. The first-order valence-electron chi connectivity index (χ1n) is 2.69. The molecule has 0 radical (unpaired) electrons. The summed E-state index contributed by atoms with van der Waals surface area (Å²) in [5.74, 6) is 1.16. The molecule has 1 rings (SSSR count). The van der Waals surface area contributed by atoms with Crippen LogP contribution in [0.1, 0.15) is 6.92 Å². The number of hydrogen-bond donors (Lipinski definition) is 0. The van der Waals surface area contributed by atoms with Crippen molar-refractivity contribution in [2.24, 2.45) is 0 Å². The molecule has 0 fully saturated rings. The van der Waals surface area contributed by atoms with E-state index in [-0.39, 0.29) is 0 Å². The molecule has 3 heteroatoms. The summed E-state index contributed by atoms with van der Waals surface area (Å²) in [5, 5.41) is 2.11. The van der Waals surface area contributed by atoms with Crippen molar-refractivity contribution in [3.05, 3.63) is 15.9 Å². The van der Waals surface area contributed by atoms with Gasteiger partial charge in [-0.25, -0.2) is 0 Å². The monoisotopic (exact) mass is 222 g/mol. The number of halogens is 1. The van der Waals surface area contributed by atoms with Gasteiger partial charge in [0.1, 0.15) is 0 Å². The summed E-state index contributed by atoms with van der Waals surface area (Å²) in [5.41, 5.74) is 0. The van der Waals surface area contributed by atoms with Crippen LogP contribution in [-0.4, -0.2) is 5.75 Å². The molecular weight excluding hydrogens is 216 g/mol. The van der Waals surface area contributed by atoms with Crippen LogP contribution in [0.3, 0.4) is 0 Å². The standard InChI is InChI=1S/C6H7BrS2/c1-2-8-6-3-5(7)4-9-6/h3-4H,2H2,1H3. The fourth-order valence-electron chi connectivity index (χ4n) is 0.513. The van der Waals surface area contributed by atoms with Gasteiger partial charge in [0.05, 0.1) is 4.21 Å². The second-order valence-corrected chi connectivity index (χ2v) is 4.91. The van der Waals surface area contributed by atoms with Crippen molar-refractivity contribution in [2.75, 3.05) is 5.75 Å². The van der Waals surface area contributed by atoms with Gasteiger partial charge in [-0.2, -0.15) is 0 Å². The summed E-state index contributed by atoms with van der Waals surface area (Å²) in [6.45, 7) is 2.16. The number of thioether (sulfide) groups is 1. The molecule has 0 aliphatic carbocycles. The molecule has 1 aromatic rings. The minimum absolute atomic E-state index is 1.16. The first-order chi connectivity index (χ1) is 4.33. The molecule has 0 bridgehead atoms. The summed E-state index contributed by atoms with van der Waals surface area (Å²) < 4.78 is 2.59. The van der Waals surface area contributed by atoms with Crippen LogP contribution < -0.4 is 0 Å². The maximum absolute atomic E-state index is 3.40. The van der Waals surface area contributed by atoms with Gasteiger partial charge in [-0.3, -0.25) is 0 Å². The molecule has 1 heterocycles. The zero-order valence-corrected chi connectivity index (χ0v) is 8.28. The van der Waals surface area contributed by atoms with Crippen molar-refractivity contribution in [1.82, 2.24) is 0 Å². The van der Waals surface area contributed by atoms with Crippen LogP contribution in [0.15, 0.2) is 20.1 Å². The lowest BCUT2D eigenvalue weighted by Gasteiger charge is -1.86. The Hall–Kier alpha value is 0.530. The molecule has 50 valence electrons. The summed E-state index contributed by atoms with van der Waals surface area (Å²) in [6, 6.07) is 2.15. The van der Waals surface area contributed by atoms with Gasteiger partial charge in [-0.05, 0) is 27.7 Å². The molecule has 0 spiro atoms. The Morgan fingerprint density at radius 1 is 1.78 bits per heavy atom. The highest BCUT2D eigenvalue weighted by Gasteiger charge is 1.94. The van der Waals surface area contributed by atoms with Gasteiger partial charge in [-0.15, -0.1) is 23.1 Å². The van der Waals surface area contributed by atoms with Crippen molar-refractivity contribution in [3.8, 4) is 0 Å². The average Bonchev–Trinajstić information content (AvgIpc) is 2.17. The van der Waals surface area contributed by atoms with E-state index in [1.165, 1.54) is 8.68 Å². The molecule has 0 aliphatic rings. The zero-order chi connectivity index (χ0) is 6.69. The highest BCUT2D eigenvalue weighted by Crippen LogP contribution is 2.28. The number of hydrogen-bond acceptors (Lipinski definition) is 2. The third-order valence-electron chi connectivity index (χ3n) is 0.830. The van der Waals surface area contributed by atoms with Gasteiger partial charge < -0.3 is 0 Å². The Bertz CT molecular complexity index is 183. The molecule has 0 atom stereocenters. The normalized spacial score (nSPS) is 10.0. The predicted molar refractivity (Wildman–Crippen MR) is 48.4 cm³/mol. The van der Waals surface area contributed by atoms with Gasteiger partial charge in [0.15, 0.2) is 0 Å². The average molecular weight is 223 g/mol. The minimum atomic E-state index is 1.16. The van der Waals surface area contributed by atoms with Gasteiger partial charge >= 0.3 is 0 Å². The van der Waals surface area contributed by atoms with E-state index in [9.17, 15) is 0 Å². The zero-order valence-electron chi connectivity index (χ0n) is 5.06. The van der Waals surface area contributed by atoms with E-state index in [1.807, 2.05) is 11.8 Å². The largest absolute Gasteiger partial charge is 0.136 e. The fourth-order valence-corrected chi connectivity index (χ4v) is 3.08. The molecule has 0 unspecified atom stereocenters. The molecule has 0 aliphatic heterocycles. The molecule has 0 N–H and O–H groups in total. The van der Waals surface area contributed by atoms with Crippen molar-refractivity contribution < 1.29 is 0 Å². The first kappa shape index (κ1) is 7.63. The van der Waals surface area contributed by atoms with Crippen LogP contribution in [0.2, 0.25) is 0 Å². The van der Waals surface area contributed by atoms with Gasteiger partial charge in [0.25, 0.3) is 0 Å². The second-order valence-electron chi connectivity index (χ2n) is 1.52. The third kappa shape index (κ3) is 2.32. The maximum atomic E-state index is 3.40. The lowest BCUT2D eigenvalue weighted by atomic mass is 10.7. The molecular formula is C6H7BrS2. The predicted octanol–water partition coefficient (Wildman–Crippen LogP) is 3.62. The Labute approximate surface area is 71.8 Å². The van der Waals surface area contributed by atoms with E-state index in [2.05, 4.69) is 34.3 Å². The number of rotatable bonds is 2. The Morgan fingerprint density at radius 3 is 3.00 bits per heavy atom. The van der Waals surface area contributed by atoms with E-state index in [4.69, 9.17) is 0 Å². The minimum Gasteiger partial charge on any atom is -0.136 e. The van der Waals surface area contributed by atoms with Crippen molar-refractivity contribution >= 4 is 39.0 Å². The molecule has 0 amide bonds. The molecule has 9 heavy (non-hydrogen) atoms. The van der Waals surface area contributed by atoms with Crippen LogP contribution in [0.4, 0.5) is 0 Å². The fraction of sp³-hybridized carbons (Fsp3) is 0.333.